The molecule has 17 nitrogen and oxygen atoms in total. The molecule has 2 aromatic carbocycles. The molecule has 1 fully saturated rings. The number of piperazine rings is 1. The minimum Gasteiger partial charge on any atom is -0.487 e. The molecule has 358 valence electrons. The summed E-state index contributed by atoms with van der Waals surface area (Å²) in [7, 11) is -4.15. The van der Waals surface area contributed by atoms with Crippen molar-refractivity contribution in [3.8, 4) is 5.75 Å². The number of nitrogens with two attached hydrogens (primary N) is 1. The number of sulfonamides is 1. The van der Waals surface area contributed by atoms with Crippen molar-refractivity contribution in [1.82, 2.24) is 24.8 Å². The van der Waals surface area contributed by atoms with Gasteiger partial charge in [0, 0.05) is 42.7 Å². The van der Waals surface area contributed by atoms with Crippen molar-refractivity contribution in [2.45, 2.75) is 168 Å². The van der Waals surface area contributed by atoms with Crippen LogP contribution >= 0.6 is 0 Å². The molecule has 3 aromatic rings. The van der Waals surface area contributed by atoms with E-state index in [-0.39, 0.29) is 55.7 Å². The van der Waals surface area contributed by atoms with Gasteiger partial charge in [0.25, 0.3) is 10.0 Å². The molecule has 5 N–H and O–H groups in total. The highest BCUT2D eigenvalue weighted by molar-refractivity contribution is 7.90. The largest absolute Gasteiger partial charge is 0.487 e. The Morgan fingerprint density at radius 2 is 1.58 bits per heavy atom. The fourth-order valence-corrected chi connectivity index (χ4v) is 9.97. The molecule has 0 radical (unpaired) electrons. The van der Waals surface area contributed by atoms with Gasteiger partial charge in [0.2, 0.25) is 11.9 Å². The number of alkyl carbamates (subject to hydrolysis) is 1. The Morgan fingerprint density at radius 1 is 0.954 bits per heavy atom. The minimum atomic E-state index is -4.15. The molecule has 5 rings (SSSR count). The number of carbonyl (C=O) groups excluding carboxylic acids is 4. The third kappa shape index (κ3) is 12.7. The Labute approximate surface area is 383 Å². The maximum atomic E-state index is 13.8. The number of amides is 2. The molecule has 0 bridgehead atoms. The summed E-state index contributed by atoms with van der Waals surface area (Å²) in [4.78, 5) is 60.7. The van der Waals surface area contributed by atoms with Crippen LogP contribution in [0.1, 0.15) is 117 Å². The van der Waals surface area contributed by atoms with Gasteiger partial charge in [-0.15, -0.1) is 0 Å². The topological polar surface area (TPSA) is 222 Å². The summed E-state index contributed by atoms with van der Waals surface area (Å²) in [6.07, 6.45) is 1.53. The molecule has 18 heteroatoms. The van der Waals surface area contributed by atoms with Crippen molar-refractivity contribution >= 4 is 50.9 Å². The molecular formula is C47H69N7O10S. The summed E-state index contributed by atoms with van der Waals surface area (Å²) in [5.41, 5.74) is 7.30. The van der Waals surface area contributed by atoms with Gasteiger partial charge in [-0.3, -0.25) is 24.0 Å². The number of para-hydroxylation sites is 1. The van der Waals surface area contributed by atoms with Crippen molar-refractivity contribution in [1.29, 1.82) is 0 Å². The van der Waals surface area contributed by atoms with Crippen molar-refractivity contribution in [3.05, 3.63) is 58.3 Å². The molecule has 0 aliphatic carbocycles. The Balaban J connectivity index is 1.44. The summed E-state index contributed by atoms with van der Waals surface area (Å²) in [6, 6.07) is 4.94. The minimum absolute atomic E-state index is 0.0377. The normalized spacial score (nSPS) is 18.6. The number of aromatic nitrogens is 1. The lowest BCUT2D eigenvalue weighted by molar-refractivity contribution is -0.159. The third-order valence-electron chi connectivity index (χ3n) is 11.1. The highest BCUT2D eigenvalue weighted by atomic mass is 32.2. The van der Waals surface area contributed by atoms with E-state index in [1.54, 1.807) is 93.3 Å². The Morgan fingerprint density at radius 3 is 2.22 bits per heavy atom. The van der Waals surface area contributed by atoms with Gasteiger partial charge in [0.1, 0.15) is 28.2 Å². The molecule has 2 aliphatic heterocycles. The van der Waals surface area contributed by atoms with Crippen LogP contribution in [0.4, 0.5) is 9.59 Å². The van der Waals surface area contributed by atoms with Crippen LogP contribution in [-0.4, -0.2) is 108 Å². The van der Waals surface area contributed by atoms with E-state index < -0.39 is 68.7 Å². The molecule has 65 heavy (non-hydrogen) atoms. The van der Waals surface area contributed by atoms with Gasteiger partial charge in [-0.05, 0) is 145 Å². The first kappa shape index (κ1) is 50.6. The van der Waals surface area contributed by atoms with Crippen LogP contribution in [0.5, 0.6) is 5.75 Å². The summed E-state index contributed by atoms with van der Waals surface area (Å²) < 4.78 is 54.9. The molecule has 2 aliphatic rings. The second-order valence-electron chi connectivity index (χ2n) is 20.6. The van der Waals surface area contributed by atoms with Crippen LogP contribution in [0.2, 0.25) is 0 Å². The van der Waals surface area contributed by atoms with Gasteiger partial charge in [-0.25, -0.2) is 22.7 Å². The van der Waals surface area contributed by atoms with Crippen molar-refractivity contribution in [2.24, 2.45) is 10.7 Å². The summed E-state index contributed by atoms with van der Waals surface area (Å²) in [5, 5.41) is 6.74. The zero-order chi connectivity index (χ0) is 48.6. The SMILES string of the molecule is Cc1c(C)c(S(=O)(=O)NC(N)=NCCC[C@H]2C(=O)NC[C@@H]([C@H](Cc3cn(C(=O)OC(C)(C)C)c4ccccc34)NC(=O)OC(C)(C)C)N2CC(=O)OC(C)(C)C)c(C)c2c1OC(C)(C)C2. The zero-order valence-electron chi connectivity index (χ0n) is 40.5. The van der Waals surface area contributed by atoms with Crippen LogP contribution in [0.15, 0.2) is 40.4 Å². The van der Waals surface area contributed by atoms with E-state index in [2.05, 4.69) is 20.3 Å². The van der Waals surface area contributed by atoms with Gasteiger partial charge in [-0.1, -0.05) is 18.2 Å². The lowest BCUT2D eigenvalue weighted by Gasteiger charge is -2.44. The number of hydrogen-bond donors (Lipinski definition) is 4. The number of hydrogen-bond acceptors (Lipinski definition) is 12. The Hall–Kier alpha value is -5.36. The fourth-order valence-electron chi connectivity index (χ4n) is 8.45. The second kappa shape index (κ2) is 18.9. The lowest BCUT2D eigenvalue weighted by Crippen LogP contribution is -2.67. The third-order valence-corrected chi connectivity index (χ3v) is 12.7. The quantitative estimate of drug-likeness (QED) is 0.0534. The number of nitrogens with one attached hydrogen (secondary N) is 3. The van der Waals surface area contributed by atoms with E-state index >= 15 is 0 Å². The molecule has 3 heterocycles. The molecule has 0 spiro atoms. The van der Waals surface area contributed by atoms with Gasteiger partial charge >= 0.3 is 18.2 Å². The van der Waals surface area contributed by atoms with Gasteiger partial charge in [0.05, 0.1) is 29.0 Å². The van der Waals surface area contributed by atoms with E-state index in [1.807, 2.05) is 39.0 Å². The van der Waals surface area contributed by atoms with E-state index in [0.29, 0.717) is 34.4 Å². The van der Waals surface area contributed by atoms with E-state index in [9.17, 15) is 27.6 Å². The number of rotatable bonds is 12. The van der Waals surface area contributed by atoms with Gasteiger partial charge in [-0.2, -0.15) is 0 Å². The molecule has 3 atom stereocenters. The first-order valence-corrected chi connectivity index (χ1v) is 23.6. The van der Waals surface area contributed by atoms with Crippen molar-refractivity contribution in [3.63, 3.8) is 0 Å². The van der Waals surface area contributed by atoms with Crippen LogP contribution in [0, 0.1) is 20.8 Å². The Bertz CT molecular complexity index is 2460. The Kier molecular flexibility index (Phi) is 14.7. The summed E-state index contributed by atoms with van der Waals surface area (Å²) in [5.74, 6) is -0.552. The first-order valence-electron chi connectivity index (χ1n) is 22.1. The fraction of sp³-hybridized carbons (Fsp3) is 0.596. The molecular weight excluding hydrogens is 855 g/mol. The van der Waals surface area contributed by atoms with Gasteiger partial charge < -0.3 is 35.3 Å². The second-order valence-corrected chi connectivity index (χ2v) is 22.3. The molecule has 0 unspecified atom stereocenters. The zero-order valence-corrected chi connectivity index (χ0v) is 41.3. The van der Waals surface area contributed by atoms with Crippen LogP contribution in [0.3, 0.4) is 0 Å². The number of nitrogens with zero attached hydrogens (tertiary/aromatic N) is 3. The average molecular weight is 924 g/mol. The maximum Gasteiger partial charge on any atom is 0.419 e. The average Bonchev–Trinajstić information content (AvgIpc) is 3.67. The smallest absolute Gasteiger partial charge is 0.419 e. The molecule has 2 amide bonds. The molecule has 1 aromatic heterocycles. The van der Waals surface area contributed by atoms with E-state index in [1.165, 1.54) is 4.57 Å². The van der Waals surface area contributed by atoms with Crippen LogP contribution in [0.25, 0.3) is 10.9 Å². The summed E-state index contributed by atoms with van der Waals surface area (Å²) >= 11 is 0. The number of guanidine groups is 1. The monoisotopic (exact) mass is 923 g/mol. The molecule has 0 saturated carbocycles. The van der Waals surface area contributed by atoms with E-state index in [0.717, 1.165) is 16.5 Å². The van der Waals surface area contributed by atoms with Crippen LogP contribution in [-0.2, 0) is 46.7 Å². The number of carbonyl (C=O) groups is 4. The predicted octanol–water partition coefficient (Wildman–Crippen LogP) is 6.08. The highest BCUT2D eigenvalue weighted by Crippen LogP contribution is 2.43. The predicted molar refractivity (Wildman–Crippen MR) is 249 cm³/mol. The molecule has 1 saturated heterocycles. The van der Waals surface area contributed by atoms with Crippen molar-refractivity contribution < 1.29 is 46.5 Å². The lowest BCUT2D eigenvalue weighted by atomic mass is 9.93. The number of esters is 1. The van der Waals surface area contributed by atoms with E-state index in [4.69, 9.17) is 24.7 Å². The van der Waals surface area contributed by atoms with Gasteiger partial charge in [0.15, 0.2) is 0 Å². The van der Waals surface area contributed by atoms with Crippen LogP contribution < -0.4 is 25.8 Å². The first-order chi connectivity index (χ1) is 29.9. The summed E-state index contributed by atoms with van der Waals surface area (Å²) in [6.45, 7) is 24.8. The number of fused-ring (bicyclic) bond motifs is 2. The highest BCUT2D eigenvalue weighted by Gasteiger charge is 2.43. The van der Waals surface area contributed by atoms with Crippen molar-refractivity contribution in [2.75, 3.05) is 19.6 Å². The number of ether oxygens (including phenoxy) is 4. The standard InChI is InChI=1S/C47H69N7O10S/c1-27-28(2)39(29(3)32-23-47(13,14)62-38(27)32)65(59,60)52-41(48)49-21-17-20-35-40(56)50-24-36(53(35)26-37(55)61-44(4,5)6)33(51-42(57)63-45(7,8)9)22-30-25-54(43(58)64-46(10,11)12)34-19-16-15-18-31(30)34/h15-16,18-19,25,33,35-36H,17,20-24,26H2,1-14H3,(H,50,56)(H,51,57)(H3,48,49,52)/t33-,35-,36-/m0/s1. The number of benzene rings is 2. The number of aliphatic imine (C=N–C) groups is 1. The maximum absolute atomic E-state index is 13.8.